The second-order valence-electron chi connectivity index (χ2n) is 4.20. The zero-order valence-corrected chi connectivity index (χ0v) is 10.6. The molecule has 0 aliphatic carbocycles. The van der Waals surface area contributed by atoms with E-state index in [4.69, 9.17) is 9.63 Å². The number of carbonyl (C=O) groups is 2. The van der Waals surface area contributed by atoms with Gasteiger partial charge in [0.25, 0.3) is 5.91 Å². The largest absolute Gasteiger partial charge is 0.475 e. The van der Waals surface area contributed by atoms with Crippen molar-refractivity contribution in [2.75, 3.05) is 6.54 Å². The average molecular weight is 278 g/mol. The van der Waals surface area contributed by atoms with Crippen molar-refractivity contribution in [2.45, 2.75) is 13.0 Å². The van der Waals surface area contributed by atoms with Crippen LogP contribution < -0.4 is 0 Å². The molecule has 19 heavy (non-hydrogen) atoms. The highest BCUT2D eigenvalue weighted by Crippen LogP contribution is 2.24. The number of aromatic carboxylic acids is 1. The Bertz CT molecular complexity index is 632. The third-order valence-electron chi connectivity index (χ3n) is 3.05. The Balaban J connectivity index is 1.87. The molecule has 1 N–H and O–H groups in total. The fourth-order valence-electron chi connectivity index (χ4n) is 2.11. The van der Waals surface area contributed by atoms with Gasteiger partial charge in [-0.3, -0.25) is 4.79 Å². The van der Waals surface area contributed by atoms with Crippen molar-refractivity contribution in [1.29, 1.82) is 0 Å². The first kappa shape index (κ1) is 11.9. The van der Waals surface area contributed by atoms with Crippen LogP contribution in [0, 0.1) is 0 Å². The number of amides is 1. The second-order valence-corrected chi connectivity index (χ2v) is 5.14. The number of rotatable bonds is 2. The van der Waals surface area contributed by atoms with E-state index in [1.165, 1.54) is 11.3 Å². The van der Waals surface area contributed by atoms with Gasteiger partial charge in [0.1, 0.15) is 0 Å². The number of carbonyl (C=O) groups excluding carboxylic acids is 1. The van der Waals surface area contributed by atoms with Gasteiger partial charge in [0, 0.05) is 18.5 Å². The second kappa shape index (κ2) is 4.51. The van der Waals surface area contributed by atoms with E-state index in [1.54, 1.807) is 11.0 Å². The highest BCUT2D eigenvalue weighted by molar-refractivity contribution is 7.12. The molecule has 3 rings (SSSR count). The number of hydrogen-bond acceptors (Lipinski definition) is 5. The average Bonchev–Trinajstić information content (AvgIpc) is 3.06. The zero-order chi connectivity index (χ0) is 13.4. The van der Waals surface area contributed by atoms with Crippen molar-refractivity contribution >= 4 is 23.2 Å². The minimum atomic E-state index is -1.15. The van der Waals surface area contributed by atoms with E-state index in [2.05, 4.69) is 5.16 Å². The molecule has 0 bridgehead atoms. The number of hydrogen-bond donors (Lipinski definition) is 1. The number of carboxylic acid groups (broad SMARTS) is 1. The first-order valence-electron chi connectivity index (χ1n) is 5.70. The summed E-state index contributed by atoms with van der Waals surface area (Å²) in [5.74, 6) is -1.41. The van der Waals surface area contributed by atoms with Crippen molar-refractivity contribution < 1.29 is 19.2 Å². The molecule has 2 aromatic rings. The highest BCUT2D eigenvalue weighted by atomic mass is 32.1. The van der Waals surface area contributed by atoms with E-state index < -0.39 is 5.97 Å². The Kier molecular flexibility index (Phi) is 2.83. The summed E-state index contributed by atoms with van der Waals surface area (Å²) < 4.78 is 4.81. The van der Waals surface area contributed by atoms with E-state index in [1.807, 2.05) is 11.4 Å². The molecule has 0 saturated carbocycles. The third-order valence-corrected chi connectivity index (χ3v) is 3.91. The van der Waals surface area contributed by atoms with Gasteiger partial charge in [0.05, 0.1) is 17.1 Å². The molecule has 0 spiro atoms. The van der Waals surface area contributed by atoms with Crippen molar-refractivity contribution in [1.82, 2.24) is 10.1 Å². The SMILES string of the molecule is O=C(O)c1onc2c1CN(C(=O)c1cccs1)CC2. The van der Waals surface area contributed by atoms with Gasteiger partial charge in [-0.05, 0) is 11.4 Å². The van der Waals surface area contributed by atoms with Gasteiger partial charge in [-0.15, -0.1) is 11.3 Å². The summed E-state index contributed by atoms with van der Waals surface area (Å²) >= 11 is 1.37. The number of thiophene rings is 1. The molecular formula is C12H10N2O4S. The van der Waals surface area contributed by atoms with Crippen LogP contribution in [-0.4, -0.2) is 33.6 Å². The normalized spacial score (nSPS) is 14.2. The number of aromatic nitrogens is 1. The molecule has 3 heterocycles. The lowest BCUT2D eigenvalue weighted by Crippen LogP contribution is -2.35. The maximum absolute atomic E-state index is 12.2. The topological polar surface area (TPSA) is 83.6 Å². The van der Waals surface area contributed by atoms with E-state index in [-0.39, 0.29) is 18.2 Å². The molecule has 6 nitrogen and oxygen atoms in total. The van der Waals surface area contributed by atoms with Crippen LogP contribution in [0.3, 0.4) is 0 Å². The van der Waals surface area contributed by atoms with Crippen molar-refractivity contribution in [3.8, 4) is 0 Å². The molecule has 0 fully saturated rings. The van der Waals surface area contributed by atoms with Crippen LogP contribution in [0.25, 0.3) is 0 Å². The molecule has 1 aliphatic heterocycles. The number of fused-ring (bicyclic) bond motifs is 1. The predicted octanol–water partition coefficient (Wildman–Crippen LogP) is 1.63. The smallest absolute Gasteiger partial charge is 0.375 e. The Morgan fingerprint density at radius 2 is 2.32 bits per heavy atom. The number of carboxylic acids is 1. The van der Waals surface area contributed by atoms with Crippen molar-refractivity contribution in [2.24, 2.45) is 0 Å². The van der Waals surface area contributed by atoms with Crippen LogP contribution in [0.1, 0.15) is 31.5 Å². The fourth-order valence-corrected chi connectivity index (χ4v) is 2.80. The van der Waals surface area contributed by atoms with Crippen LogP contribution in [0.4, 0.5) is 0 Å². The molecule has 1 amide bonds. The summed E-state index contributed by atoms with van der Waals surface area (Å²) in [7, 11) is 0. The quantitative estimate of drug-likeness (QED) is 0.902. The summed E-state index contributed by atoms with van der Waals surface area (Å²) in [5.41, 5.74) is 1.14. The maximum Gasteiger partial charge on any atom is 0.375 e. The van der Waals surface area contributed by atoms with Gasteiger partial charge >= 0.3 is 5.97 Å². The predicted molar refractivity (Wildman–Crippen MR) is 66.2 cm³/mol. The van der Waals surface area contributed by atoms with E-state index in [0.29, 0.717) is 29.1 Å². The van der Waals surface area contributed by atoms with Crippen LogP contribution >= 0.6 is 11.3 Å². The first-order valence-corrected chi connectivity index (χ1v) is 6.58. The van der Waals surface area contributed by atoms with Gasteiger partial charge in [-0.1, -0.05) is 11.2 Å². The Labute approximate surface area is 112 Å². The van der Waals surface area contributed by atoms with E-state index in [0.717, 1.165) is 0 Å². The summed E-state index contributed by atoms with van der Waals surface area (Å²) in [6, 6.07) is 3.57. The monoisotopic (exact) mass is 278 g/mol. The fraction of sp³-hybridized carbons (Fsp3) is 0.250. The molecule has 0 saturated heterocycles. The lowest BCUT2D eigenvalue weighted by Gasteiger charge is -2.25. The lowest BCUT2D eigenvalue weighted by atomic mass is 10.1. The molecule has 1 aliphatic rings. The molecule has 0 aromatic carbocycles. The summed E-state index contributed by atoms with van der Waals surface area (Å²) in [6.45, 7) is 0.756. The summed E-state index contributed by atoms with van der Waals surface area (Å²) in [5, 5.41) is 14.6. The van der Waals surface area contributed by atoms with E-state index >= 15 is 0 Å². The Hall–Kier alpha value is -2.15. The molecule has 0 atom stereocenters. The van der Waals surface area contributed by atoms with Gasteiger partial charge < -0.3 is 14.5 Å². The molecular weight excluding hydrogens is 268 g/mol. The van der Waals surface area contributed by atoms with E-state index in [9.17, 15) is 9.59 Å². The Morgan fingerprint density at radius 3 is 3.00 bits per heavy atom. The van der Waals surface area contributed by atoms with Crippen molar-refractivity contribution in [3.05, 3.63) is 39.4 Å². The standard InChI is InChI=1S/C12H10N2O4S/c15-11(9-2-1-5-19-9)14-4-3-8-7(6-14)10(12(16)17)18-13-8/h1-2,5H,3-4,6H2,(H,16,17). The molecule has 0 radical (unpaired) electrons. The Morgan fingerprint density at radius 1 is 1.47 bits per heavy atom. The summed E-state index contributed by atoms with van der Waals surface area (Å²) in [4.78, 5) is 25.5. The molecule has 98 valence electrons. The zero-order valence-electron chi connectivity index (χ0n) is 9.83. The van der Waals surface area contributed by atoms with Gasteiger partial charge in [-0.25, -0.2) is 4.79 Å². The van der Waals surface area contributed by atoms with Crippen LogP contribution in [0.5, 0.6) is 0 Å². The maximum atomic E-state index is 12.2. The minimum Gasteiger partial charge on any atom is -0.475 e. The lowest BCUT2D eigenvalue weighted by molar-refractivity contribution is 0.0641. The van der Waals surface area contributed by atoms with Gasteiger partial charge in [0.15, 0.2) is 0 Å². The third kappa shape index (κ3) is 2.01. The van der Waals surface area contributed by atoms with Gasteiger partial charge in [-0.2, -0.15) is 0 Å². The molecule has 0 unspecified atom stereocenters. The molecule has 2 aromatic heterocycles. The molecule has 7 heteroatoms. The van der Waals surface area contributed by atoms with Crippen LogP contribution in [0.2, 0.25) is 0 Å². The van der Waals surface area contributed by atoms with Crippen molar-refractivity contribution in [3.63, 3.8) is 0 Å². The highest BCUT2D eigenvalue weighted by Gasteiger charge is 2.30. The summed E-state index contributed by atoms with van der Waals surface area (Å²) in [6.07, 6.45) is 0.517. The van der Waals surface area contributed by atoms with Crippen LogP contribution in [-0.2, 0) is 13.0 Å². The minimum absolute atomic E-state index is 0.0850. The number of nitrogens with zero attached hydrogens (tertiary/aromatic N) is 2. The van der Waals surface area contributed by atoms with Gasteiger partial charge in [0.2, 0.25) is 5.76 Å². The first-order chi connectivity index (χ1) is 9.16. The van der Waals surface area contributed by atoms with Crippen LogP contribution in [0.15, 0.2) is 22.0 Å².